The molecule has 0 bridgehead atoms. The molecule has 3 aromatic rings. The molecule has 2 aromatic carbocycles. The molecule has 21 heavy (non-hydrogen) atoms. The van der Waals surface area contributed by atoms with E-state index < -0.39 is 0 Å². The van der Waals surface area contributed by atoms with Crippen molar-refractivity contribution in [3.63, 3.8) is 0 Å². The van der Waals surface area contributed by atoms with Crippen LogP contribution >= 0.6 is 23.2 Å². The Labute approximate surface area is 132 Å². The van der Waals surface area contributed by atoms with Crippen LogP contribution in [-0.4, -0.2) is 4.98 Å². The summed E-state index contributed by atoms with van der Waals surface area (Å²) in [6.45, 7) is 0.509. The van der Waals surface area contributed by atoms with Gasteiger partial charge < -0.3 is 9.73 Å². The Kier molecular flexibility index (Phi) is 4.13. The van der Waals surface area contributed by atoms with E-state index in [1.54, 1.807) is 6.20 Å². The van der Waals surface area contributed by atoms with Crippen LogP contribution in [0.5, 0.6) is 0 Å². The lowest BCUT2D eigenvalue weighted by atomic mass is 10.2. The number of hydrogen-bond donors (Lipinski definition) is 1. The molecule has 0 radical (unpaired) electrons. The Morgan fingerprint density at radius 2 is 1.52 bits per heavy atom. The summed E-state index contributed by atoms with van der Waals surface area (Å²) in [5, 5.41) is 4.63. The fraction of sp³-hybridized carbons (Fsp3) is 0.0625. The molecule has 0 atom stereocenters. The van der Waals surface area contributed by atoms with E-state index in [-0.39, 0.29) is 0 Å². The second kappa shape index (κ2) is 6.20. The van der Waals surface area contributed by atoms with Gasteiger partial charge in [-0.05, 0) is 48.5 Å². The highest BCUT2D eigenvalue weighted by atomic mass is 35.5. The van der Waals surface area contributed by atoms with E-state index >= 15 is 0 Å². The normalized spacial score (nSPS) is 10.6. The molecular formula is C16H12Cl2N2O. The summed E-state index contributed by atoms with van der Waals surface area (Å²) in [7, 11) is 0. The molecule has 0 aliphatic rings. The minimum Gasteiger partial charge on any atom is -0.439 e. The third kappa shape index (κ3) is 3.57. The zero-order valence-corrected chi connectivity index (χ0v) is 12.5. The maximum Gasteiger partial charge on any atom is 0.214 e. The van der Waals surface area contributed by atoms with Gasteiger partial charge in [0.1, 0.15) is 0 Å². The molecule has 0 aliphatic carbocycles. The highest BCUT2D eigenvalue weighted by Gasteiger charge is 2.06. The zero-order chi connectivity index (χ0) is 14.7. The summed E-state index contributed by atoms with van der Waals surface area (Å²) < 4.78 is 5.71. The third-order valence-corrected chi connectivity index (χ3v) is 3.47. The van der Waals surface area contributed by atoms with E-state index in [2.05, 4.69) is 10.3 Å². The number of halogens is 2. The second-order valence-electron chi connectivity index (χ2n) is 4.49. The van der Waals surface area contributed by atoms with Crippen molar-refractivity contribution in [2.75, 3.05) is 5.32 Å². The number of oxazole rings is 1. The maximum atomic E-state index is 5.87. The number of nitrogens with zero attached hydrogens (tertiary/aromatic N) is 1. The van der Waals surface area contributed by atoms with Crippen LogP contribution in [0.4, 0.5) is 5.69 Å². The number of aromatic nitrogens is 1. The summed E-state index contributed by atoms with van der Waals surface area (Å²) in [5.41, 5.74) is 1.91. The molecule has 0 aliphatic heterocycles. The first-order valence-electron chi connectivity index (χ1n) is 6.41. The van der Waals surface area contributed by atoms with E-state index in [9.17, 15) is 0 Å². The Bertz CT molecular complexity index is 721. The van der Waals surface area contributed by atoms with Crippen molar-refractivity contribution in [3.05, 3.63) is 70.7 Å². The fourth-order valence-corrected chi connectivity index (χ4v) is 2.14. The predicted molar refractivity (Wildman–Crippen MR) is 85.7 cm³/mol. The van der Waals surface area contributed by atoms with Crippen molar-refractivity contribution < 1.29 is 4.42 Å². The highest BCUT2D eigenvalue weighted by molar-refractivity contribution is 6.30. The number of rotatable bonds is 4. The van der Waals surface area contributed by atoms with Crippen molar-refractivity contribution in [2.24, 2.45) is 0 Å². The molecule has 0 spiro atoms. The molecule has 5 heteroatoms. The molecule has 0 saturated carbocycles. The van der Waals surface area contributed by atoms with E-state index in [0.29, 0.717) is 22.5 Å². The van der Waals surface area contributed by atoms with Gasteiger partial charge in [0.25, 0.3) is 0 Å². The lowest BCUT2D eigenvalue weighted by Crippen LogP contribution is -1.98. The summed E-state index contributed by atoms with van der Waals surface area (Å²) in [6.07, 6.45) is 1.71. The van der Waals surface area contributed by atoms with Crippen LogP contribution < -0.4 is 5.32 Å². The van der Waals surface area contributed by atoms with Crippen LogP contribution in [0.15, 0.2) is 59.1 Å². The molecule has 3 rings (SSSR count). The van der Waals surface area contributed by atoms with E-state index in [1.807, 2.05) is 48.5 Å². The molecular weight excluding hydrogens is 307 g/mol. The molecule has 106 valence electrons. The minimum atomic E-state index is 0.509. The molecule has 1 N–H and O–H groups in total. The summed E-state index contributed by atoms with van der Waals surface area (Å²) in [6, 6.07) is 14.9. The van der Waals surface area contributed by atoms with Crippen LogP contribution in [0.2, 0.25) is 10.0 Å². The Balaban J connectivity index is 1.67. The van der Waals surface area contributed by atoms with Crippen LogP contribution in [0, 0.1) is 0 Å². The van der Waals surface area contributed by atoms with Gasteiger partial charge in [-0.2, -0.15) is 0 Å². The predicted octanol–water partition coefficient (Wildman–Crippen LogP) is 5.26. The minimum absolute atomic E-state index is 0.509. The molecule has 3 nitrogen and oxygen atoms in total. The Morgan fingerprint density at radius 1 is 0.905 bits per heavy atom. The van der Waals surface area contributed by atoms with Gasteiger partial charge in [-0.15, -0.1) is 0 Å². The van der Waals surface area contributed by atoms with Gasteiger partial charge in [0.2, 0.25) is 5.89 Å². The lowest BCUT2D eigenvalue weighted by molar-refractivity contribution is 0.516. The number of anilines is 1. The fourth-order valence-electron chi connectivity index (χ4n) is 1.89. The first-order valence-corrected chi connectivity index (χ1v) is 7.16. The topological polar surface area (TPSA) is 38.1 Å². The Hall–Kier alpha value is -1.97. The quantitative estimate of drug-likeness (QED) is 0.713. The SMILES string of the molecule is Clc1ccc(NCc2ncc(-c3ccc(Cl)cc3)o2)cc1. The van der Waals surface area contributed by atoms with Crippen molar-refractivity contribution in [2.45, 2.75) is 6.54 Å². The van der Waals surface area contributed by atoms with Gasteiger partial charge >= 0.3 is 0 Å². The number of hydrogen-bond acceptors (Lipinski definition) is 3. The van der Waals surface area contributed by atoms with Crippen molar-refractivity contribution >= 4 is 28.9 Å². The smallest absolute Gasteiger partial charge is 0.214 e. The summed E-state index contributed by atoms with van der Waals surface area (Å²) in [4.78, 5) is 4.26. The van der Waals surface area contributed by atoms with Gasteiger partial charge in [-0.3, -0.25) is 0 Å². The van der Waals surface area contributed by atoms with E-state index in [0.717, 1.165) is 17.0 Å². The largest absolute Gasteiger partial charge is 0.439 e. The Morgan fingerprint density at radius 3 is 2.19 bits per heavy atom. The average molecular weight is 319 g/mol. The lowest BCUT2D eigenvalue weighted by Gasteiger charge is -2.03. The first-order chi connectivity index (χ1) is 10.2. The van der Waals surface area contributed by atoms with Crippen molar-refractivity contribution in [1.82, 2.24) is 4.98 Å². The average Bonchev–Trinajstić information content (AvgIpc) is 2.96. The molecule has 0 unspecified atom stereocenters. The van der Waals surface area contributed by atoms with Gasteiger partial charge in [0.05, 0.1) is 12.7 Å². The molecule has 1 heterocycles. The van der Waals surface area contributed by atoms with Crippen LogP contribution in [0.1, 0.15) is 5.89 Å². The molecule has 0 fully saturated rings. The summed E-state index contributed by atoms with van der Waals surface area (Å²) >= 11 is 11.7. The standard InChI is InChI=1S/C16H12Cl2N2O/c17-12-3-1-11(2-4-12)15-9-20-16(21-15)10-19-14-7-5-13(18)6-8-14/h1-9,19H,10H2. The molecule has 1 aromatic heterocycles. The van der Waals surface area contributed by atoms with Crippen LogP contribution in [-0.2, 0) is 6.54 Å². The maximum absolute atomic E-state index is 5.87. The van der Waals surface area contributed by atoms with Crippen LogP contribution in [0.25, 0.3) is 11.3 Å². The van der Waals surface area contributed by atoms with E-state index in [4.69, 9.17) is 27.6 Å². The highest BCUT2D eigenvalue weighted by Crippen LogP contribution is 2.22. The van der Waals surface area contributed by atoms with Gasteiger partial charge in [0, 0.05) is 21.3 Å². The second-order valence-corrected chi connectivity index (χ2v) is 5.36. The zero-order valence-electron chi connectivity index (χ0n) is 11.0. The van der Waals surface area contributed by atoms with Crippen molar-refractivity contribution in [3.8, 4) is 11.3 Å². The van der Waals surface area contributed by atoms with Crippen molar-refractivity contribution in [1.29, 1.82) is 0 Å². The number of benzene rings is 2. The van der Waals surface area contributed by atoms with E-state index in [1.165, 1.54) is 0 Å². The summed E-state index contributed by atoms with van der Waals surface area (Å²) in [5.74, 6) is 1.34. The third-order valence-electron chi connectivity index (χ3n) is 2.97. The number of nitrogens with one attached hydrogen (secondary N) is 1. The first kappa shape index (κ1) is 14.0. The molecule has 0 amide bonds. The van der Waals surface area contributed by atoms with Gasteiger partial charge in [0.15, 0.2) is 5.76 Å². The van der Waals surface area contributed by atoms with Gasteiger partial charge in [-0.1, -0.05) is 23.2 Å². The molecule has 0 saturated heterocycles. The monoisotopic (exact) mass is 318 g/mol. The van der Waals surface area contributed by atoms with Gasteiger partial charge in [-0.25, -0.2) is 4.98 Å². The van der Waals surface area contributed by atoms with Crippen LogP contribution in [0.3, 0.4) is 0 Å².